The maximum atomic E-state index is 6.20. The van der Waals surface area contributed by atoms with Crippen LogP contribution in [-0.2, 0) is 0 Å². The Morgan fingerprint density at radius 2 is 1.96 bits per heavy atom. The molecule has 4 aromatic rings. The van der Waals surface area contributed by atoms with Crippen molar-refractivity contribution in [2.24, 2.45) is 0 Å². The van der Waals surface area contributed by atoms with E-state index in [0.717, 1.165) is 38.6 Å². The van der Waals surface area contributed by atoms with Gasteiger partial charge in [0.15, 0.2) is 0 Å². The summed E-state index contributed by atoms with van der Waals surface area (Å²) in [7, 11) is 0. The lowest BCUT2D eigenvalue weighted by Crippen LogP contribution is -1.92. The number of nitrogens with zero attached hydrogens (tertiary/aromatic N) is 4. The zero-order valence-corrected chi connectivity index (χ0v) is 15.1. The maximum absolute atomic E-state index is 6.20. The summed E-state index contributed by atoms with van der Waals surface area (Å²) in [4.78, 5) is 13.6. The average molecular weight is 400 g/mol. The number of rotatable bonds is 2. The summed E-state index contributed by atoms with van der Waals surface area (Å²) in [6.45, 7) is 1.97. The molecule has 0 saturated heterocycles. The van der Waals surface area contributed by atoms with Crippen LogP contribution in [0.5, 0.6) is 0 Å². The summed E-state index contributed by atoms with van der Waals surface area (Å²) in [6.07, 6.45) is 3.63. The van der Waals surface area contributed by atoms with E-state index in [9.17, 15) is 0 Å². The number of hydrogen-bond acceptors (Lipinski definition) is 3. The van der Waals surface area contributed by atoms with Crippen molar-refractivity contribution in [3.05, 3.63) is 70.2 Å². The lowest BCUT2D eigenvalue weighted by Gasteiger charge is -2.06. The Balaban J connectivity index is 2.08. The van der Waals surface area contributed by atoms with Crippen LogP contribution in [0.25, 0.3) is 28.3 Å². The first-order valence-corrected chi connectivity index (χ1v) is 8.52. The Morgan fingerprint density at radius 1 is 1.08 bits per heavy atom. The second-order valence-electron chi connectivity index (χ2n) is 5.42. The number of halogens is 2. The normalized spacial score (nSPS) is 11.1. The van der Waals surface area contributed by atoms with Crippen LogP contribution in [0.2, 0.25) is 5.02 Å². The quantitative estimate of drug-likeness (QED) is 0.436. The summed E-state index contributed by atoms with van der Waals surface area (Å²) in [5.41, 5.74) is 5.35. The Morgan fingerprint density at radius 3 is 2.75 bits per heavy atom. The molecule has 0 aliphatic carbocycles. The molecule has 0 radical (unpaired) electrons. The van der Waals surface area contributed by atoms with E-state index < -0.39 is 0 Å². The predicted octanol–water partition coefficient (Wildman–Crippen LogP) is 5.18. The first-order valence-electron chi connectivity index (χ1n) is 7.35. The van der Waals surface area contributed by atoms with Gasteiger partial charge in [0.1, 0.15) is 15.9 Å². The average Bonchev–Trinajstić information content (AvgIpc) is 2.93. The Labute approximate surface area is 152 Å². The molecule has 0 aromatic carbocycles. The van der Waals surface area contributed by atoms with Crippen molar-refractivity contribution in [3.63, 3.8) is 0 Å². The summed E-state index contributed by atoms with van der Waals surface area (Å²) in [5, 5.41) is 0.651. The van der Waals surface area contributed by atoms with Crippen LogP contribution in [0.15, 0.2) is 59.5 Å². The molecule has 0 bridgehead atoms. The smallest absolute Gasteiger partial charge is 0.138 e. The molecule has 0 unspecified atom stereocenters. The standard InChI is InChI=1S/C18H12BrClN4/c1-11-3-2-4-14(22-11)17-18(12-7-8-21-15(19)9-12)24-10-13(20)5-6-16(24)23-17/h2-10H,1H3. The molecule has 0 atom stereocenters. The van der Waals surface area contributed by atoms with Crippen LogP contribution in [-0.4, -0.2) is 19.4 Å². The van der Waals surface area contributed by atoms with Crippen LogP contribution < -0.4 is 0 Å². The molecule has 0 N–H and O–H groups in total. The molecule has 0 saturated carbocycles. The van der Waals surface area contributed by atoms with Crippen molar-refractivity contribution < 1.29 is 0 Å². The first-order chi connectivity index (χ1) is 11.6. The van der Waals surface area contributed by atoms with Gasteiger partial charge in [0.25, 0.3) is 0 Å². The van der Waals surface area contributed by atoms with Crippen LogP contribution >= 0.6 is 27.5 Å². The van der Waals surface area contributed by atoms with Gasteiger partial charge in [-0.3, -0.25) is 9.38 Å². The number of pyridine rings is 3. The molecule has 0 fully saturated rings. The van der Waals surface area contributed by atoms with Gasteiger partial charge in [0.05, 0.1) is 16.4 Å². The Bertz CT molecular complexity index is 1060. The van der Waals surface area contributed by atoms with Gasteiger partial charge in [-0.2, -0.15) is 0 Å². The van der Waals surface area contributed by atoms with Gasteiger partial charge in [-0.1, -0.05) is 17.7 Å². The highest BCUT2D eigenvalue weighted by Crippen LogP contribution is 2.33. The molecular formula is C18H12BrClN4. The Hall–Kier alpha value is -2.24. The van der Waals surface area contributed by atoms with Gasteiger partial charge in [-0.05, 0) is 59.3 Å². The minimum absolute atomic E-state index is 0.651. The van der Waals surface area contributed by atoms with Gasteiger partial charge >= 0.3 is 0 Å². The monoisotopic (exact) mass is 398 g/mol. The van der Waals surface area contributed by atoms with Crippen LogP contribution in [0.3, 0.4) is 0 Å². The van der Waals surface area contributed by atoms with Crippen molar-refractivity contribution in [2.75, 3.05) is 0 Å². The molecule has 4 rings (SSSR count). The molecule has 0 spiro atoms. The van der Waals surface area contributed by atoms with Crippen LogP contribution in [0.1, 0.15) is 5.69 Å². The number of aryl methyl sites for hydroxylation is 1. The van der Waals surface area contributed by atoms with Crippen molar-refractivity contribution in [3.8, 4) is 22.6 Å². The van der Waals surface area contributed by atoms with Crippen molar-refractivity contribution in [2.45, 2.75) is 6.92 Å². The molecule has 4 heterocycles. The predicted molar refractivity (Wildman–Crippen MR) is 99.1 cm³/mol. The van der Waals surface area contributed by atoms with Gasteiger partial charge < -0.3 is 0 Å². The minimum Gasteiger partial charge on any atom is -0.297 e. The van der Waals surface area contributed by atoms with E-state index in [0.29, 0.717) is 5.02 Å². The molecule has 0 aliphatic rings. The van der Waals surface area contributed by atoms with Gasteiger partial charge in [-0.25, -0.2) is 9.97 Å². The van der Waals surface area contributed by atoms with Gasteiger partial charge in [0.2, 0.25) is 0 Å². The van der Waals surface area contributed by atoms with Crippen molar-refractivity contribution in [1.29, 1.82) is 0 Å². The maximum Gasteiger partial charge on any atom is 0.138 e. The lowest BCUT2D eigenvalue weighted by atomic mass is 10.1. The molecule has 0 amide bonds. The summed E-state index contributed by atoms with van der Waals surface area (Å²) < 4.78 is 2.75. The molecule has 6 heteroatoms. The first kappa shape index (κ1) is 15.3. The molecule has 118 valence electrons. The Kier molecular flexibility index (Phi) is 3.82. The fourth-order valence-corrected chi connectivity index (χ4v) is 3.22. The number of hydrogen-bond donors (Lipinski definition) is 0. The van der Waals surface area contributed by atoms with Crippen LogP contribution in [0, 0.1) is 6.92 Å². The molecule has 0 aliphatic heterocycles. The largest absolute Gasteiger partial charge is 0.297 e. The lowest BCUT2D eigenvalue weighted by molar-refractivity contribution is 1.18. The third kappa shape index (κ3) is 2.70. The number of aromatic nitrogens is 4. The fourth-order valence-electron chi connectivity index (χ4n) is 2.70. The second kappa shape index (κ2) is 6.00. The molecule has 24 heavy (non-hydrogen) atoms. The zero-order chi connectivity index (χ0) is 16.7. The SMILES string of the molecule is Cc1cccc(-c2nc3ccc(Cl)cn3c2-c2ccnc(Br)c2)n1. The third-order valence-electron chi connectivity index (χ3n) is 3.71. The van der Waals surface area contributed by atoms with Crippen LogP contribution in [0.4, 0.5) is 0 Å². The van der Waals surface area contributed by atoms with E-state index in [1.54, 1.807) is 6.20 Å². The third-order valence-corrected chi connectivity index (χ3v) is 4.37. The number of fused-ring (bicyclic) bond motifs is 1. The van der Waals surface area contributed by atoms with E-state index in [2.05, 4.69) is 25.9 Å². The van der Waals surface area contributed by atoms with Crippen molar-refractivity contribution in [1.82, 2.24) is 19.4 Å². The topological polar surface area (TPSA) is 43.1 Å². The highest BCUT2D eigenvalue weighted by Gasteiger charge is 2.17. The summed E-state index contributed by atoms with van der Waals surface area (Å²) in [5.74, 6) is 0. The highest BCUT2D eigenvalue weighted by atomic mass is 79.9. The van der Waals surface area contributed by atoms with Crippen molar-refractivity contribution >= 4 is 33.2 Å². The molecule has 4 nitrogen and oxygen atoms in total. The highest BCUT2D eigenvalue weighted by molar-refractivity contribution is 9.10. The molecule has 4 aromatic heterocycles. The summed E-state index contributed by atoms with van der Waals surface area (Å²) in [6, 6.07) is 13.6. The molecular weight excluding hydrogens is 388 g/mol. The minimum atomic E-state index is 0.651. The fraction of sp³-hybridized carbons (Fsp3) is 0.0556. The van der Waals surface area contributed by atoms with E-state index in [1.807, 2.05) is 60.0 Å². The zero-order valence-electron chi connectivity index (χ0n) is 12.7. The number of imidazole rings is 1. The van der Waals surface area contributed by atoms with E-state index in [-0.39, 0.29) is 0 Å². The van der Waals surface area contributed by atoms with Gasteiger partial charge in [-0.15, -0.1) is 0 Å². The van der Waals surface area contributed by atoms with E-state index in [1.165, 1.54) is 0 Å². The van der Waals surface area contributed by atoms with E-state index in [4.69, 9.17) is 16.6 Å². The second-order valence-corrected chi connectivity index (χ2v) is 6.66. The van der Waals surface area contributed by atoms with Gasteiger partial charge in [0, 0.05) is 23.7 Å². The summed E-state index contributed by atoms with van der Waals surface area (Å²) >= 11 is 9.64. The van der Waals surface area contributed by atoms with E-state index >= 15 is 0 Å².